The number of H-pyrrole nitrogens is 1. The second kappa shape index (κ2) is 4.51. The van der Waals surface area contributed by atoms with Crippen LogP contribution in [0.3, 0.4) is 0 Å². The summed E-state index contributed by atoms with van der Waals surface area (Å²) < 4.78 is 0. The molecule has 19 heavy (non-hydrogen) atoms. The molecule has 1 aromatic carbocycles. The van der Waals surface area contributed by atoms with Gasteiger partial charge in [0.15, 0.2) is 0 Å². The molecule has 1 amide bonds. The number of nitrogens with zero attached hydrogens (tertiary/aromatic N) is 1. The van der Waals surface area contributed by atoms with Crippen molar-refractivity contribution in [1.82, 2.24) is 9.88 Å². The average Bonchev–Trinajstić information content (AvgIpc) is 2.46. The van der Waals surface area contributed by atoms with E-state index in [1.54, 1.807) is 4.90 Å². The largest absolute Gasteiger partial charge is 0.335 e. The number of carbonyl (C=O) groups excluding carboxylic acids is 1. The van der Waals surface area contributed by atoms with Gasteiger partial charge in [0, 0.05) is 17.6 Å². The van der Waals surface area contributed by atoms with Crippen LogP contribution in [0.15, 0.2) is 29.1 Å². The Morgan fingerprint density at radius 1 is 1.32 bits per heavy atom. The predicted molar refractivity (Wildman–Crippen MR) is 72.7 cm³/mol. The normalized spacial score (nSPS) is 14.5. The molecule has 3 N–H and O–H groups in total. The molecule has 5 heteroatoms. The zero-order valence-electron chi connectivity index (χ0n) is 10.5. The molecule has 2 heterocycles. The number of rotatable bonds is 1. The van der Waals surface area contributed by atoms with Gasteiger partial charge >= 0.3 is 0 Å². The second-order valence-corrected chi connectivity index (χ2v) is 4.73. The Labute approximate surface area is 110 Å². The molecule has 0 atom stereocenters. The Morgan fingerprint density at radius 3 is 2.79 bits per heavy atom. The number of fused-ring (bicyclic) bond motifs is 3. The fourth-order valence-corrected chi connectivity index (χ4v) is 2.67. The van der Waals surface area contributed by atoms with Crippen LogP contribution in [0.1, 0.15) is 11.3 Å². The van der Waals surface area contributed by atoms with Crippen molar-refractivity contribution in [3.05, 3.63) is 45.9 Å². The van der Waals surface area contributed by atoms with E-state index in [4.69, 9.17) is 5.73 Å². The number of benzene rings is 1. The Kier molecular flexibility index (Phi) is 2.83. The third-order valence-electron chi connectivity index (χ3n) is 3.63. The lowest BCUT2D eigenvalue weighted by Crippen LogP contribution is -2.40. The first kappa shape index (κ1) is 11.9. The summed E-state index contributed by atoms with van der Waals surface area (Å²) in [6, 6.07) is 7.58. The highest BCUT2D eigenvalue weighted by Crippen LogP contribution is 2.23. The number of hydrogen-bond acceptors (Lipinski definition) is 3. The molecule has 98 valence electrons. The highest BCUT2D eigenvalue weighted by molar-refractivity contribution is 5.86. The van der Waals surface area contributed by atoms with E-state index < -0.39 is 0 Å². The van der Waals surface area contributed by atoms with Gasteiger partial charge in [0.25, 0.3) is 5.56 Å². The van der Waals surface area contributed by atoms with Gasteiger partial charge in [-0.3, -0.25) is 9.59 Å². The van der Waals surface area contributed by atoms with E-state index in [1.165, 1.54) is 0 Å². The summed E-state index contributed by atoms with van der Waals surface area (Å²) in [7, 11) is 0. The SMILES string of the molecule is NCC(=O)N1CCc2c([nH]c(=O)c3ccccc23)C1. The highest BCUT2D eigenvalue weighted by Gasteiger charge is 2.22. The van der Waals surface area contributed by atoms with Crippen LogP contribution in [-0.2, 0) is 17.8 Å². The maximum atomic E-state index is 12.0. The number of hydrogen-bond donors (Lipinski definition) is 2. The minimum absolute atomic E-state index is 0.00709. The number of carbonyl (C=O) groups is 1. The number of nitrogens with one attached hydrogen (secondary N) is 1. The van der Waals surface area contributed by atoms with Crippen LogP contribution in [0, 0.1) is 0 Å². The van der Waals surface area contributed by atoms with Crippen LogP contribution in [0.4, 0.5) is 0 Å². The fraction of sp³-hybridized carbons (Fsp3) is 0.286. The van der Waals surface area contributed by atoms with E-state index in [1.807, 2.05) is 24.3 Å². The zero-order chi connectivity index (χ0) is 13.4. The molecule has 1 aliphatic rings. The minimum Gasteiger partial charge on any atom is -0.335 e. The fourth-order valence-electron chi connectivity index (χ4n) is 2.67. The molecule has 5 nitrogen and oxygen atoms in total. The van der Waals surface area contributed by atoms with Crippen LogP contribution >= 0.6 is 0 Å². The molecular formula is C14H15N3O2. The third-order valence-corrected chi connectivity index (χ3v) is 3.63. The summed E-state index contributed by atoms with van der Waals surface area (Å²) in [5.74, 6) is -0.0837. The quantitative estimate of drug-likeness (QED) is 0.774. The standard InChI is InChI=1S/C14H15N3O2/c15-7-13(18)17-6-5-10-9-3-1-2-4-11(9)14(19)16-12(10)8-17/h1-4H,5-8,15H2,(H,16,19). The minimum atomic E-state index is -0.101. The summed E-state index contributed by atoms with van der Waals surface area (Å²) >= 11 is 0. The second-order valence-electron chi connectivity index (χ2n) is 4.73. The molecule has 0 unspecified atom stereocenters. The monoisotopic (exact) mass is 257 g/mol. The van der Waals surface area contributed by atoms with Gasteiger partial charge in [-0.1, -0.05) is 18.2 Å². The molecule has 0 saturated carbocycles. The van der Waals surface area contributed by atoms with Gasteiger partial charge in [-0.15, -0.1) is 0 Å². The third kappa shape index (κ3) is 1.92. The van der Waals surface area contributed by atoms with E-state index in [2.05, 4.69) is 4.98 Å². The number of aromatic amines is 1. The first-order valence-corrected chi connectivity index (χ1v) is 6.31. The van der Waals surface area contributed by atoms with Crippen LogP contribution in [0.2, 0.25) is 0 Å². The van der Waals surface area contributed by atoms with Gasteiger partial charge in [-0.2, -0.15) is 0 Å². The molecule has 0 fully saturated rings. The summed E-state index contributed by atoms with van der Waals surface area (Å²) in [6.07, 6.45) is 0.748. The van der Waals surface area contributed by atoms with Crippen molar-refractivity contribution in [1.29, 1.82) is 0 Å². The van der Waals surface area contributed by atoms with Crippen molar-refractivity contribution >= 4 is 16.7 Å². The molecule has 0 aliphatic carbocycles. The predicted octanol–water partition coefficient (Wildman–Crippen LogP) is 0.372. The number of aromatic nitrogens is 1. The topological polar surface area (TPSA) is 79.2 Å². The number of nitrogens with two attached hydrogens (primary N) is 1. The maximum absolute atomic E-state index is 12.0. The molecule has 1 aliphatic heterocycles. The van der Waals surface area contributed by atoms with E-state index >= 15 is 0 Å². The van der Waals surface area contributed by atoms with E-state index in [0.29, 0.717) is 18.5 Å². The van der Waals surface area contributed by atoms with Crippen molar-refractivity contribution in [3.8, 4) is 0 Å². The van der Waals surface area contributed by atoms with Crippen molar-refractivity contribution in [3.63, 3.8) is 0 Å². The lowest BCUT2D eigenvalue weighted by atomic mass is 9.98. The van der Waals surface area contributed by atoms with E-state index in [0.717, 1.165) is 23.1 Å². The Bertz CT molecular complexity index is 705. The lowest BCUT2D eigenvalue weighted by molar-refractivity contribution is -0.130. The number of pyridine rings is 1. The van der Waals surface area contributed by atoms with Crippen molar-refractivity contribution < 1.29 is 4.79 Å². The van der Waals surface area contributed by atoms with Gasteiger partial charge < -0.3 is 15.6 Å². The van der Waals surface area contributed by atoms with Gasteiger partial charge in [0.2, 0.25) is 5.91 Å². The van der Waals surface area contributed by atoms with Gasteiger partial charge in [-0.25, -0.2) is 0 Å². The smallest absolute Gasteiger partial charge is 0.256 e. The first-order valence-electron chi connectivity index (χ1n) is 6.31. The van der Waals surface area contributed by atoms with Crippen molar-refractivity contribution in [2.24, 2.45) is 5.73 Å². The highest BCUT2D eigenvalue weighted by atomic mass is 16.2. The molecule has 3 rings (SSSR count). The van der Waals surface area contributed by atoms with Gasteiger partial charge in [-0.05, 0) is 23.4 Å². The van der Waals surface area contributed by atoms with Crippen molar-refractivity contribution in [2.75, 3.05) is 13.1 Å². The molecule has 0 saturated heterocycles. The summed E-state index contributed by atoms with van der Waals surface area (Å²) in [4.78, 5) is 28.2. The van der Waals surface area contributed by atoms with E-state index in [9.17, 15) is 9.59 Å². The Morgan fingerprint density at radius 2 is 2.05 bits per heavy atom. The molecule has 0 bridgehead atoms. The van der Waals surface area contributed by atoms with Gasteiger partial charge in [0.05, 0.1) is 13.1 Å². The zero-order valence-corrected chi connectivity index (χ0v) is 10.5. The molecule has 0 spiro atoms. The number of amides is 1. The molecule has 1 aromatic heterocycles. The molecular weight excluding hydrogens is 242 g/mol. The summed E-state index contributed by atoms with van der Waals surface area (Å²) in [6.45, 7) is 1.09. The van der Waals surface area contributed by atoms with Crippen LogP contribution in [0.5, 0.6) is 0 Å². The van der Waals surface area contributed by atoms with Crippen LogP contribution in [0.25, 0.3) is 10.8 Å². The maximum Gasteiger partial charge on any atom is 0.256 e. The van der Waals surface area contributed by atoms with Crippen molar-refractivity contribution in [2.45, 2.75) is 13.0 Å². The summed E-state index contributed by atoms with van der Waals surface area (Å²) in [5.41, 5.74) is 7.25. The van der Waals surface area contributed by atoms with E-state index in [-0.39, 0.29) is 18.0 Å². The molecule has 0 radical (unpaired) electrons. The Hall–Kier alpha value is -2.14. The Balaban J connectivity index is 2.12. The lowest BCUT2D eigenvalue weighted by Gasteiger charge is -2.28. The first-order chi connectivity index (χ1) is 9.20. The average molecular weight is 257 g/mol. The van der Waals surface area contributed by atoms with Gasteiger partial charge in [0.1, 0.15) is 0 Å². The van der Waals surface area contributed by atoms with Crippen LogP contribution < -0.4 is 11.3 Å². The molecule has 2 aromatic rings. The summed E-state index contributed by atoms with van der Waals surface area (Å²) in [5, 5.41) is 1.70. The van der Waals surface area contributed by atoms with Crippen LogP contribution in [-0.4, -0.2) is 28.9 Å².